The Morgan fingerprint density at radius 2 is 2.24 bits per heavy atom. The molecule has 0 radical (unpaired) electrons. The average molecular weight is 304 g/mol. The molecule has 0 bridgehead atoms. The highest BCUT2D eigenvalue weighted by atomic mass is 32.1. The monoisotopic (exact) mass is 304 g/mol. The molecule has 2 heterocycles. The second kappa shape index (κ2) is 6.28. The molecule has 0 saturated heterocycles. The number of rotatable bonds is 5. The molecule has 0 aromatic carbocycles. The van der Waals surface area contributed by atoms with Gasteiger partial charge in [0.25, 0.3) is 0 Å². The van der Waals surface area contributed by atoms with Gasteiger partial charge >= 0.3 is 0 Å². The van der Waals surface area contributed by atoms with Gasteiger partial charge in [-0.3, -0.25) is 0 Å². The van der Waals surface area contributed by atoms with E-state index in [-0.39, 0.29) is 0 Å². The predicted molar refractivity (Wildman–Crippen MR) is 90.3 cm³/mol. The van der Waals surface area contributed by atoms with Crippen molar-refractivity contribution in [2.75, 3.05) is 32.5 Å². The van der Waals surface area contributed by atoms with Gasteiger partial charge in [0.05, 0.1) is 5.39 Å². The van der Waals surface area contributed by atoms with Crippen LogP contribution >= 0.6 is 11.3 Å². The Labute approximate surface area is 130 Å². The Morgan fingerprint density at radius 3 is 3.05 bits per heavy atom. The molecule has 1 aliphatic carbocycles. The fourth-order valence-electron chi connectivity index (χ4n) is 3.01. The lowest BCUT2D eigenvalue weighted by Gasteiger charge is -2.18. The summed E-state index contributed by atoms with van der Waals surface area (Å²) in [5.41, 5.74) is 1.50. The summed E-state index contributed by atoms with van der Waals surface area (Å²) in [5, 5.41) is 4.81. The Balaban J connectivity index is 1.82. The van der Waals surface area contributed by atoms with Gasteiger partial charge in [0.2, 0.25) is 0 Å². The van der Waals surface area contributed by atoms with Crippen LogP contribution in [0.15, 0.2) is 6.33 Å². The van der Waals surface area contributed by atoms with Crippen molar-refractivity contribution in [3.63, 3.8) is 0 Å². The zero-order valence-electron chi connectivity index (χ0n) is 13.1. The molecule has 1 N–H and O–H groups in total. The van der Waals surface area contributed by atoms with Crippen molar-refractivity contribution in [2.24, 2.45) is 5.92 Å². The van der Waals surface area contributed by atoms with E-state index in [1.165, 1.54) is 35.1 Å². The SMILES string of the molecule is C[C@H]1CCc2c(sc3ncnc(NCCCN(C)C)c23)C1. The smallest absolute Gasteiger partial charge is 0.138 e. The molecule has 21 heavy (non-hydrogen) atoms. The van der Waals surface area contributed by atoms with Crippen LogP contribution in [-0.4, -0.2) is 42.1 Å². The summed E-state index contributed by atoms with van der Waals surface area (Å²) < 4.78 is 0. The zero-order valence-corrected chi connectivity index (χ0v) is 14.0. The summed E-state index contributed by atoms with van der Waals surface area (Å²) in [5.74, 6) is 1.83. The van der Waals surface area contributed by atoms with Crippen molar-refractivity contribution in [3.8, 4) is 0 Å². The molecule has 3 rings (SSSR count). The molecule has 0 amide bonds. The van der Waals surface area contributed by atoms with Gasteiger partial charge in [0, 0.05) is 11.4 Å². The van der Waals surface area contributed by atoms with Gasteiger partial charge in [0.1, 0.15) is 17.0 Å². The first kappa shape index (κ1) is 14.7. The minimum Gasteiger partial charge on any atom is -0.369 e. The van der Waals surface area contributed by atoms with Crippen molar-refractivity contribution in [1.82, 2.24) is 14.9 Å². The molecular weight excluding hydrogens is 280 g/mol. The fourth-order valence-corrected chi connectivity index (χ4v) is 4.36. The highest BCUT2D eigenvalue weighted by Crippen LogP contribution is 2.39. The second-order valence-electron chi connectivity index (χ2n) is 6.34. The Bertz CT molecular complexity index is 620. The maximum Gasteiger partial charge on any atom is 0.138 e. The van der Waals surface area contributed by atoms with E-state index in [2.05, 4.69) is 41.2 Å². The molecule has 1 aliphatic rings. The van der Waals surface area contributed by atoms with E-state index in [0.717, 1.165) is 36.1 Å². The molecule has 4 nitrogen and oxygen atoms in total. The third-order valence-electron chi connectivity index (χ3n) is 4.17. The van der Waals surface area contributed by atoms with Crippen molar-refractivity contribution >= 4 is 27.4 Å². The number of hydrogen-bond donors (Lipinski definition) is 1. The first-order valence-corrected chi connectivity index (χ1v) is 8.60. The number of aryl methyl sites for hydroxylation is 1. The third-order valence-corrected chi connectivity index (χ3v) is 5.33. The molecule has 0 unspecified atom stereocenters. The normalized spacial score (nSPS) is 18.2. The van der Waals surface area contributed by atoms with Gasteiger partial charge < -0.3 is 10.2 Å². The van der Waals surface area contributed by atoms with Gasteiger partial charge in [-0.2, -0.15) is 0 Å². The van der Waals surface area contributed by atoms with Gasteiger partial charge in [-0.1, -0.05) is 6.92 Å². The van der Waals surface area contributed by atoms with E-state index in [0.29, 0.717) is 0 Å². The van der Waals surface area contributed by atoms with Crippen LogP contribution in [0.2, 0.25) is 0 Å². The second-order valence-corrected chi connectivity index (χ2v) is 7.42. The summed E-state index contributed by atoms with van der Waals surface area (Å²) in [6, 6.07) is 0. The van der Waals surface area contributed by atoms with Crippen molar-refractivity contribution < 1.29 is 0 Å². The van der Waals surface area contributed by atoms with Gasteiger partial charge in [-0.05, 0) is 57.8 Å². The highest BCUT2D eigenvalue weighted by Gasteiger charge is 2.22. The van der Waals surface area contributed by atoms with Crippen molar-refractivity contribution in [3.05, 3.63) is 16.8 Å². The number of anilines is 1. The molecule has 1 atom stereocenters. The van der Waals surface area contributed by atoms with Crippen LogP contribution in [0.4, 0.5) is 5.82 Å². The minimum atomic E-state index is 0.801. The summed E-state index contributed by atoms with van der Waals surface area (Å²) in [6.07, 6.45) is 6.49. The minimum absolute atomic E-state index is 0.801. The standard InChI is InChI=1S/C16H24N4S/c1-11-5-6-12-13(9-11)21-16-14(12)15(18-10-19-16)17-7-4-8-20(2)3/h10-11H,4-9H2,1-3H3,(H,17,18,19)/t11-/m0/s1. The molecule has 0 saturated carbocycles. The number of aromatic nitrogens is 2. The largest absolute Gasteiger partial charge is 0.369 e. The Hall–Kier alpha value is -1.20. The van der Waals surface area contributed by atoms with Gasteiger partial charge in [-0.25, -0.2) is 9.97 Å². The molecule has 5 heteroatoms. The van der Waals surface area contributed by atoms with Crippen molar-refractivity contribution in [1.29, 1.82) is 0 Å². The molecule has 2 aromatic rings. The summed E-state index contributed by atoms with van der Waals surface area (Å²) in [4.78, 5) is 13.9. The van der Waals surface area contributed by atoms with Crippen LogP contribution in [0.25, 0.3) is 10.2 Å². The van der Waals surface area contributed by atoms with E-state index < -0.39 is 0 Å². The van der Waals surface area contributed by atoms with Gasteiger partial charge in [-0.15, -0.1) is 11.3 Å². The van der Waals surface area contributed by atoms with Crippen molar-refractivity contribution in [2.45, 2.75) is 32.6 Å². The lowest BCUT2D eigenvalue weighted by molar-refractivity contribution is 0.405. The molecule has 0 aliphatic heterocycles. The van der Waals surface area contributed by atoms with Gasteiger partial charge in [0.15, 0.2) is 0 Å². The topological polar surface area (TPSA) is 41.1 Å². The predicted octanol–water partition coefficient (Wildman–Crippen LogP) is 3.18. The van der Waals surface area contributed by atoms with E-state index >= 15 is 0 Å². The maximum atomic E-state index is 4.49. The van der Waals surface area contributed by atoms with E-state index in [1.54, 1.807) is 6.33 Å². The Morgan fingerprint density at radius 1 is 1.38 bits per heavy atom. The number of nitrogens with one attached hydrogen (secondary N) is 1. The third kappa shape index (κ3) is 3.19. The summed E-state index contributed by atoms with van der Waals surface area (Å²) in [7, 11) is 4.22. The maximum absolute atomic E-state index is 4.49. The first-order valence-electron chi connectivity index (χ1n) is 7.79. The lowest BCUT2D eigenvalue weighted by atomic mass is 9.89. The van der Waals surface area contributed by atoms with Crippen LogP contribution in [0.3, 0.4) is 0 Å². The van der Waals surface area contributed by atoms with Crippen LogP contribution in [0.5, 0.6) is 0 Å². The average Bonchev–Trinajstić information content (AvgIpc) is 2.81. The van der Waals surface area contributed by atoms with Crippen LogP contribution in [0.1, 0.15) is 30.2 Å². The lowest BCUT2D eigenvalue weighted by Crippen LogP contribution is -2.17. The fraction of sp³-hybridized carbons (Fsp3) is 0.625. The zero-order chi connectivity index (χ0) is 14.8. The molecule has 0 fully saturated rings. The molecule has 114 valence electrons. The highest BCUT2D eigenvalue weighted by molar-refractivity contribution is 7.19. The molecule has 2 aromatic heterocycles. The number of thiophene rings is 1. The van der Waals surface area contributed by atoms with E-state index in [1.807, 2.05) is 11.3 Å². The number of fused-ring (bicyclic) bond motifs is 3. The number of nitrogens with zero attached hydrogens (tertiary/aromatic N) is 3. The van der Waals surface area contributed by atoms with E-state index in [9.17, 15) is 0 Å². The quantitative estimate of drug-likeness (QED) is 0.861. The van der Waals surface area contributed by atoms with Crippen LogP contribution < -0.4 is 5.32 Å². The summed E-state index contributed by atoms with van der Waals surface area (Å²) >= 11 is 1.86. The van der Waals surface area contributed by atoms with Crippen LogP contribution in [-0.2, 0) is 12.8 Å². The molecular formula is C16H24N4S. The first-order chi connectivity index (χ1) is 10.1. The Kier molecular flexibility index (Phi) is 4.40. The van der Waals surface area contributed by atoms with E-state index in [4.69, 9.17) is 0 Å². The summed E-state index contributed by atoms with van der Waals surface area (Å²) in [6.45, 7) is 4.41. The van der Waals surface area contributed by atoms with Crippen LogP contribution in [0, 0.1) is 5.92 Å². The number of hydrogen-bond acceptors (Lipinski definition) is 5. The molecule has 0 spiro atoms.